The van der Waals surface area contributed by atoms with Crippen molar-refractivity contribution in [2.75, 3.05) is 12.0 Å². The maximum atomic E-state index is 10.2. The largest absolute Gasteiger partial charge is 0.504 e. The second-order valence-corrected chi connectivity index (χ2v) is 10.1. The van der Waals surface area contributed by atoms with Crippen LogP contribution in [-0.2, 0) is 0 Å². The quantitative estimate of drug-likeness (QED) is 0.344. The summed E-state index contributed by atoms with van der Waals surface area (Å²) in [7, 11) is 1.56. The summed E-state index contributed by atoms with van der Waals surface area (Å²) in [4.78, 5) is 14.3. The molecule has 0 saturated heterocycles. The first-order chi connectivity index (χ1) is 18.0. The highest BCUT2D eigenvalue weighted by Crippen LogP contribution is 2.43. The molecular formula is C30H26N4O2S. The number of aryl methyl sites for hydroxylation is 2. The van der Waals surface area contributed by atoms with Gasteiger partial charge in [0.2, 0.25) is 0 Å². The van der Waals surface area contributed by atoms with E-state index in [4.69, 9.17) is 14.7 Å². The van der Waals surface area contributed by atoms with Crippen LogP contribution in [-0.4, -0.2) is 22.6 Å². The van der Waals surface area contributed by atoms with Gasteiger partial charge in [-0.1, -0.05) is 58.9 Å². The third-order valence-electron chi connectivity index (χ3n) is 6.47. The number of allylic oxidation sites excluding steroid dienone is 2. The van der Waals surface area contributed by atoms with E-state index in [1.807, 2.05) is 48.7 Å². The summed E-state index contributed by atoms with van der Waals surface area (Å²) in [5, 5.41) is 10.2. The zero-order valence-corrected chi connectivity index (χ0v) is 21.6. The Labute approximate surface area is 219 Å². The molecule has 3 aromatic carbocycles. The predicted octanol–water partition coefficient (Wildman–Crippen LogP) is 6.49. The molecule has 6 rings (SSSR count). The summed E-state index contributed by atoms with van der Waals surface area (Å²) >= 11 is 1.62. The summed E-state index contributed by atoms with van der Waals surface area (Å²) in [6.45, 7) is 4.16. The van der Waals surface area contributed by atoms with Gasteiger partial charge in [-0.2, -0.15) is 0 Å². The van der Waals surface area contributed by atoms with Crippen LogP contribution in [0.4, 0.5) is 11.5 Å². The van der Waals surface area contributed by atoms with Gasteiger partial charge in [0.15, 0.2) is 16.3 Å². The maximum absolute atomic E-state index is 10.2. The van der Waals surface area contributed by atoms with Gasteiger partial charge in [-0.05, 0) is 68.0 Å². The Hall–Kier alpha value is -4.36. The van der Waals surface area contributed by atoms with Crippen molar-refractivity contribution in [3.8, 4) is 17.2 Å². The molecule has 0 bridgehead atoms. The molecule has 1 N–H and O–H groups in total. The third kappa shape index (κ3) is 4.17. The molecule has 4 aromatic rings. The maximum Gasteiger partial charge on any atom is 0.196 e. The first-order valence-corrected chi connectivity index (χ1v) is 12.9. The molecule has 7 heteroatoms. The molecule has 1 atom stereocenters. The molecule has 2 aliphatic heterocycles. The first kappa shape index (κ1) is 23.1. The molecule has 3 heterocycles. The van der Waals surface area contributed by atoms with Gasteiger partial charge in [-0.25, -0.2) is 4.99 Å². The number of benzene rings is 3. The number of fused-ring (bicyclic) bond motifs is 3. The van der Waals surface area contributed by atoms with Gasteiger partial charge < -0.3 is 9.84 Å². The second-order valence-electron chi connectivity index (χ2n) is 9.08. The number of aromatic nitrogens is 1. The fraction of sp³-hybridized carbons (Fsp3) is 0.133. The predicted molar refractivity (Wildman–Crippen MR) is 149 cm³/mol. The van der Waals surface area contributed by atoms with Crippen LogP contribution in [0.2, 0.25) is 0 Å². The van der Waals surface area contributed by atoms with E-state index in [1.54, 1.807) is 24.5 Å². The fourth-order valence-electron chi connectivity index (χ4n) is 4.52. The average Bonchev–Trinajstić information content (AvgIpc) is 3.29. The molecule has 0 fully saturated rings. The van der Waals surface area contributed by atoms with E-state index < -0.39 is 0 Å². The van der Waals surface area contributed by atoms with E-state index in [1.165, 1.54) is 11.1 Å². The summed E-state index contributed by atoms with van der Waals surface area (Å²) in [6.07, 6.45) is 8.06. The van der Waals surface area contributed by atoms with Crippen LogP contribution in [0.1, 0.15) is 27.6 Å². The van der Waals surface area contributed by atoms with E-state index in [0.717, 1.165) is 38.3 Å². The fourth-order valence-corrected chi connectivity index (χ4v) is 5.74. The van der Waals surface area contributed by atoms with Gasteiger partial charge >= 0.3 is 0 Å². The van der Waals surface area contributed by atoms with Crippen LogP contribution < -0.4 is 14.4 Å². The standard InChI is InChI=1S/C30H26N4O2S/c1-19-7-12-22(13-8-19)31-30-34(23-14-9-20(2)10-15-23)29-28(37-30)27(32-26-6-4-5-17-33(26)29)21-11-16-24(35)25(18-21)36-3/h4-18,27,35H,1-3H3. The lowest BCUT2D eigenvalue weighted by atomic mass is 10.0. The summed E-state index contributed by atoms with van der Waals surface area (Å²) in [6, 6.07) is 21.9. The number of phenolic OH excluding ortho intramolecular Hbond substituents is 1. The van der Waals surface area contributed by atoms with Gasteiger partial charge in [0.25, 0.3) is 0 Å². The van der Waals surface area contributed by atoms with E-state index in [9.17, 15) is 5.11 Å². The molecular weight excluding hydrogens is 480 g/mol. The van der Waals surface area contributed by atoms with Crippen LogP contribution in [0.5, 0.6) is 11.5 Å². The molecule has 0 amide bonds. The first-order valence-electron chi connectivity index (χ1n) is 12.0. The van der Waals surface area contributed by atoms with Crippen molar-refractivity contribution in [3.63, 3.8) is 0 Å². The minimum absolute atomic E-state index is 0.105. The van der Waals surface area contributed by atoms with Crippen LogP contribution in [0, 0.1) is 13.8 Å². The Morgan fingerprint density at radius 2 is 1.68 bits per heavy atom. The molecule has 2 aliphatic rings. The minimum atomic E-state index is -0.282. The van der Waals surface area contributed by atoms with Crippen molar-refractivity contribution < 1.29 is 9.84 Å². The SMILES string of the molecule is COc1cc(C2N=C3C=CC=CN3c3c2sc(=Nc2ccc(C)cc2)n3-c2ccc(C)cc2)ccc1O. The lowest BCUT2D eigenvalue weighted by Gasteiger charge is -2.31. The number of rotatable bonds is 4. The monoisotopic (exact) mass is 506 g/mol. The number of aromatic hydroxyl groups is 1. The Morgan fingerprint density at radius 1 is 0.946 bits per heavy atom. The van der Waals surface area contributed by atoms with Crippen molar-refractivity contribution in [1.29, 1.82) is 0 Å². The van der Waals surface area contributed by atoms with Crippen molar-refractivity contribution in [3.05, 3.63) is 118 Å². The zero-order chi connectivity index (χ0) is 25.5. The molecule has 1 aromatic heterocycles. The van der Waals surface area contributed by atoms with E-state index >= 15 is 0 Å². The lowest BCUT2D eigenvalue weighted by Crippen LogP contribution is -2.33. The van der Waals surface area contributed by atoms with Crippen molar-refractivity contribution in [2.24, 2.45) is 9.98 Å². The molecule has 0 aliphatic carbocycles. The van der Waals surface area contributed by atoms with Gasteiger partial charge in [-0.15, -0.1) is 0 Å². The smallest absolute Gasteiger partial charge is 0.196 e. The topological polar surface area (TPSA) is 62.3 Å². The average molecular weight is 507 g/mol. The van der Waals surface area contributed by atoms with Crippen molar-refractivity contribution in [1.82, 2.24) is 4.57 Å². The van der Waals surface area contributed by atoms with E-state index in [2.05, 4.69) is 59.7 Å². The molecule has 0 saturated carbocycles. The Kier molecular flexibility index (Phi) is 5.77. The molecule has 37 heavy (non-hydrogen) atoms. The number of ether oxygens (including phenoxy) is 1. The number of methoxy groups -OCH3 is 1. The van der Waals surface area contributed by atoms with Crippen molar-refractivity contribution in [2.45, 2.75) is 19.9 Å². The third-order valence-corrected chi connectivity index (χ3v) is 7.55. The summed E-state index contributed by atoms with van der Waals surface area (Å²) < 4.78 is 7.63. The lowest BCUT2D eigenvalue weighted by molar-refractivity contribution is 0.373. The number of hydrogen-bond donors (Lipinski definition) is 1. The highest BCUT2D eigenvalue weighted by molar-refractivity contribution is 7.10. The Morgan fingerprint density at radius 3 is 2.41 bits per heavy atom. The van der Waals surface area contributed by atoms with Gasteiger partial charge in [0.1, 0.15) is 17.7 Å². The highest BCUT2D eigenvalue weighted by Gasteiger charge is 2.33. The number of hydrogen-bond acceptors (Lipinski definition) is 6. The number of amidine groups is 1. The molecule has 184 valence electrons. The van der Waals surface area contributed by atoms with Crippen molar-refractivity contribution >= 4 is 28.7 Å². The number of aliphatic imine (C=N–C) groups is 1. The van der Waals surface area contributed by atoms with Crippen LogP contribution in [0.3, 0.4) is 0 Å². The molecule has 0 radical (unpaired) electrons. The van der Waals surface area contributed by atoms with Gasteiger partial charge in [-0.3, -0.25) is 14.5 Å². The molecule has 6 nitrogen and oxygen atoms in total. The molecule has 1 unspecified atom stereocenters. The van der Waals surface area contributed by atoms with Crippen LogP contribution in [0.15, 0.2) is 101 Å². The summed E-state index contributed by atoms with van der Waals surface area (Å²) in [5.74, 6) is 2.37. The Balaban J connectivity index is 1.64. The summed E-state index contributed by atoms with van der Waals surface area (Å²) in [5.41, 5.74) is 5.25. The number of nitrogens with zero attached hydrogens (tertiary/aromatic N) is 4. The van der Waals surface area contributed by atoms with Gasteiger partial charge in [0.05, 0.1) is 17.7 Å². The van der Waals surface area contributed by atoms with Crippen LogP contribution >= 0.6 is 11.3 Å². The number of phenols is 1. The minimum Gasteiger partial charge on any atom is -0.504 e. The number of thiazole rings is 1. The normalized spacial score (nSPS) is 16.4. The number of anilines is 1. The van der Waals surface area contributed by atoms with Crippen LogP contribution in [0.25, 0.3) is 5.69 Å². The van der Waals surface area contributed by atoms with E-state index in [-0.39, 0.29) is 11.8 Å². The Bertz CT molecular complexity index is 1640. The molecule has 0 spiro atoms. The van der Waals surface area contributed by atoms with E-state index in [0.29, 0.717) is 5.75 Å². The second kappa shape index (κ2) is 9.26. The highest BCUT2D eigenvalue weighted by atomic mass is 32.1. The zero-order valence-electron chi connectivity index (χ0n) is 20.8. The van der Waals surface area contributed by atoms with Gasteiger partial charge in [0, 0.05) is 11.9 Å².